The Bertz CT molecular complexity index is 504. The molecular formula is C16H23ClN2O3. The van der Waals surface area contributed by atoms with Crippen molar-refractivity contribution in [3.63, 3.8) is 0 Å². The van der Waals surface area contributed by atoms with Gasteiger partial charge in [-0.05, 0) is 25.0 Å². The van der Waals surface area contributed by atoms with E-state index in [2.05, 4.69) is 5.32 Å². The molecule has 0 unspecified atom stereocenters. The first-order valence-corrected chi connectivity index (χ1v) is 8.05. The molecule has 2 rings (SSSR count). The van der Waals surface area contributed by atoms with Crippen molar-refractivity contribution in [3.05, 3.63) is 23.2 Å². The number of hydrogen-bond donors (Lipinski definition) is 2. The van der Waals surface area contributed by atoms with Gasteiger partial charge in [-0.25, -0.2) is 4.79 Å². The Morgan fingerprint density at radius 2 is 2.14 bits per heavy atom. The number of nitrogens with zero attached hydrogens (tertiary/aromatic N) is 1. The van der Waals surface area contributed by atoms with Crippen molar-refractivity contribution in [2.24, 2.45) is 0 Å². The van der Waals surface area contributed by atoms with E-state index in [4.69, 9.17) is 16.3 Å². The number of amides is 2. The van der Waals surface area contributed by atoms with Crippen LogP contribution in [-0.4, -0.2) is 42.3 Å². The Hall–Kier alpha value is -1.46. The second kappa shape index (κ2) is 8.25. The van der Waals surface area contributed by atoms with E-state index in [-0.39, 0.29) is 18.7 Å². The number of hydrogen-bond acceptors (Lipinski definition) is 3. The number of benzene rings is 1. The normalized spacial score (nSPS) is 15.4. The standard InChI is InChI=1S/C16H23ClN2O3/c1-22-13-7-8-14(17)15(11-13)18-16(21)19(9-10-20)12-5-3-2-4-6-12/h7-8,11-12,20H,2-6,9-10H2,1H3,(H,18,21). The summed E-state index contributed by atoms with van der Waals surface area (Å²) in [5.41, 5.74) is 0.518. The predicted octanol–water partition coefficient (Wildman–Crippen LogP) is 3.51. The number of aliphatic hydroxyl groups excluding tert-OH is 1. The van der Waals surface area contributed by atoms with Crippen molar-refractivity contribution in [2.75, 3.05) is 25.6 Å². The van der Waals surface area contributed by atoms with E-state index in [9.17, 15) is 9.90 Å². The summed E-state index contributed by atoms with van der Waals surface area (Å²) in [7, 11) is 1.56. The van der Waals surface area contributed by atoms with Crippen LogP contribution in [0.25, 0.3) is 0 Å². The van der Waals surface area contributed by atoms with Crippen molar-refractivity contribution in [3.8, 4) is 5.75 Å². The van der Waals surface area contributed by atoms with Crippen LogP contribution in [0.3, 0.4) is 0 Å². The predicted molar refractivity (Wildman–Crippen MR) is 87.7 cm³/mol. The molecule has 0 saturated heterocycles. The maximum atomic E-state index is 12.6. The maximum absolute atomic E-state index is 12.6. The lowest BCUT2D eigenvalue weighted by Crippen LogP contribution is -2.45. The molecule has 1 aliphatic rings. The second-order valence-corrected chi connectivity index (χ2v) is 5.89. The lowest BCUT2D eigenvalue weighted by atomic mass is 9.94. The van der Waals surface area contributed by atoms with Gasteiger partial charge in [0.25, 0.3) is 0 Å². The minimum atomic E-state index is -0.226. The number of aliphatic hydroxyl groups is 1. The van der Waals surface area contributed by atoms with E-state index in [0.29, 0.717) is 23.0 Å². The van der Waals surface area contributed by atoms with E-state index in [1.165, 1.54) is 6.42 Å². The molecule has 1 fully saturated rings. The molecule has 5 nitrogen and oxygen atoms in total. The van der Waals surface area contributed by atoms with Crippen molar-refractivity contribution >= 4 is 23.3 Å². The van der Waals surface area contributed by atoms with Crippen molar-refractivity contribution in [1.82, 2.24) is 4.90 Å². The van der Waals surface area contributed by atoms with Gasteiger partial charge in [0.15, 0.2) is 0 Å². The Kier molecular flexibility index (Phi) is 6.34. The molecule has 0 bridgehead atoms. The van der Waals surface area contributed by atoms with Gasteiger partial charge in [0.05, 0.1) is 24.4 Å². The van der Waals surface area contributed by atoms with Gasteiger partial charge in [-0.15, -0.1) is 0 Å². The average molecular weight is 327 g/mol. The molecule has 1 saturated carbocycles. The molecule has 2 N–H and O–H groups in total. The first kappa shape index (κ1) is 16.9. The maximum Gasteiger partial charge on any atom is 0.322 e. The summed E-state index contributed by atoms with van der Waals surface area (Å²) < 4.78 is 5.15. The molecule has 1 aromatic rings. The van der Waals surface area contributed by atoms with E-state index < -0.39 is 0 Å². The second-order valence-electron chi connectivity index (χ2n) is 5.48. The number of carbonyl (C=O) groups excluding carboxylic acids is 1. The number of anilines is 1. The smallest absolute Gasteiger partial charge is 0.322 e. The van der Waals surface area contributed by atoms with Gasteiger partial charge in [-0.1, -0.05) is 30.9 Å². The minimum absolute atomic E-state index is 0.0459. The molecular weight excluding hydrogens is 304 g/mol. The molecule has 0 spiro atoms. The highest BCUT2D eigenvalue weighted by Crippen LogP contribution is 2.28. The summed E-state index contributed by atoms with van der Waals surface area (Å²) in [5.74, 6) is 0.631. The number of carbonyl (C=O) groups is 1. The van der Waals surface area contributed by atoms with E-state index in [1.54, 1.807) is 30.2 Å². The third kappa shape index (κ3) is 4.27. The minimum Gasteiger partial charge on any atom is -0.497 e. The van der Waals surface area contributed by atoms with Crippen LogP contribution in [0.2, 0.25) is 5.02 Å². The molecule has 6 heteroatoms. The van der Waals surface area contributed by atoms with Gasteiger partial charge >= 0.3 is 6.03 Å². The molecule has 0 aromatic heterocycles. The highest BCUT2D eigenvalue weighted by atomic mass is 35.5. The molecule has 0 aliphatic heterocycles. The molecule has 122 valence electrons. The third-order valence-corrected chi connectivity index (χ3v) is 4.36. The number of ether oxygens (including phenoxy) is 1. The highest BCUT2D eigenvalue weighted by Gasteiger charge is 2.25. The zero-order valence-electron chi connectivity index (χ0n) is 12.8. The summed E-state index contributed by atoms with van der Waals surface area (Å²) in [4.78, 5) is 14.3. The fourth-order valence-corrected chi connectivity index (χ4v) is 3.03. The summed E-state index contributed by atoms with van der Waals surface area (Å²) in [6, 6.07) is 5.08. The molecule has 22 heavy (non-hydrogen) atoms. The van der Waals surface area contributed by atoms with Crippen LogP contribution in [0.1, 0.15) is 32.1 Å². The van der Waals surface area contributed by atoms with Gasteiger partial charge in [0, 0.05) is 18.7 Å². The SMILES string of the molecule is COc1ccc(Cl)c(NC(=O)N(CCO)C2CCCCC2)c1. The Labute approximate surface area is 136 Å². The van der Waals surface area contributed by atoms with E-state index in [1.807, 2.05) is 0 Å². The van der Waals surface area contributed by atoms with Crippen LogP contribution >= 0.6 is 11.6 Å². The van der Waals surface area contributed by atoms with Crippen LogP contribution in [0.5, 0.6) is 5.75 Å². The summed E-state index contributed by atoms with van der Waals surface area (Å²) in [5, 5.41) is 12.5. The first-order valence-electron chi connectivity index (χ1n) is 7.67. The van der Waals surface area contributed by atoms with Gasteiger partial charge in [0.2, 0.25) is 0 Å². The van der Waals surface area contributed by atoms with Crippen molar-refractivity contribution in [1.29, 1.82) is 0 Å². The highest BCUT2D eigenvalue weighted by molar-refractivity contribution is 6.33. The average Bonchev–Trinajstić information content (AvgIpc) is 2.55. The quantitative estimate of drug-likeness (QED) is 0.870. The molecule has 0 atom stereocenters. The number of methoxy groups -OCH3 is 1. The summed E-state index contributed by atoms with van der Waals surface area (Å²) >= 11 is 6.13. The number of halogens is 1. The lowest BCUT2D eigenvalue weighted by molar-refractivity contribution is 0.144. The van der Waals surface area contributed by atoms with Crippen LogP contribution in [-0.2, 0) is 0 Å². The Morgan fingerprint density at radius 3 is 2.77 bits per heavy atom. The fraction of sp³-hybridized carbons (Fsp3) is 0.562. The zero-order chi connectivity index (χ0) is 15.9. The topological polar surface area (TPSA) is 61.8 Å². The number of nitrogens with one attached hydrogen (secondary N) is 1. The van der Waals surface area contributed by atoms with Gasteiger partial charge in [-0.3, -0.25) is 0 Å². The fourth-order valence-electron chi connectivity index (χ4n) is 2.86. The monoisotopic (exact) mass is 326 g/mol. The zero-order valence-corrected chi connectivity index (χ0v) is 13.6. The first-order chi connectivity index (χ1) is 10.7. The number of rotatable bonds is 5. The van der Waals surface area contributed by atoms with Crippen LogP contribution in [0, 0.1) is 0 Å². The third-order valence-electron chi connectivity index (χ3n) is 4.03. The van der Waals surface area contributed by atoms with Gasteiger partial charge in [0.1, 0.15) is 5.75 Å². The largest absolute Gasteiger partial charge is 0.497 e. The van der Waals surface area contributed by atoms with Crippen LogP contribution in [0.15, 0.2) is 18.2 Å². The van der Waals surface area contributed by atoms with Crippen LogP contribution in [0.4, 0.5) is 10.5 Å². The van der Waals surface area contributed by atoms with Crippen molar-refractivity contribution in [2.45, 2.75) is 38.1 Å². The summed E-state index contributed by atoms with van der Waals surface area (Å²) in [6.45, 7) is 0.286. The Morgan fingerprint density at radius 1 is 1.41 bits per heavy atom. The number of urea groups is 1. The van der Waals surface area contributed by atoms with E-state index >= 15 is 0 Å². The van der Waals surface area contributed by atoms with Crippen molar-refractivity contribution < 1.29 is 14.6 Å². The molecule has 2 amide bonds. The lowest BCUT2D eigenvalue weighted by Gasteiger charge is -2.34. The van der Waals surface area contributed by atoms with E-state index in [0.717, 1.165) is 25.7 Å². The van der Waals surface area contributed by atoms with Crippen LogP contribution < -0.4 is 10.1 Å². The molecule has 1 aromatic carbocycles. The molecule has 0 heterocycles. The van der Waals surface area contributed by atoms with Gasteiger partial charge < -0.3 is 20.1 Å². The Balaban J connectivity index is 2.10. The summed E-state index contributed by atoms with van der Waals surface area (Å²) in [6.07, 6.45) is 5.44. The van der Waals surface area contributed by atoms with Gasteiger partial charge in [-0.2, -0.15) is 0 Å². The molecule has 1 aliphatic carbocycles. The molecule has 0 radical (unpaired) electrons.